The van der Waals surface area contributed by atoms with E-state index in [-0.39, 0.29) is 5.91 Å². The molecular weight excluding hydrogens is 332 g/mol. The average molecular weight is 347 g/mol. The molecule has 0 saturated heterocycles. The summed E-state index contributed by atoms with van der Waals surface area (Å²) in [4.78, 5) is 11.9. The maximum atomic E-state index is 11.9. The fourth-order valence-corrected chi connectivity index (χ4v) is 1.91. The molecular formula is C16H15BrN2O2. The fourth-order valence-electron chi connectivity index (χ4n) is 1.65. The van der Waals surface area contributed by atoms with Gasteiger partial charge in [0.05, 0.1) is 12.8 Å². The lowest BCUT2D eigenvalue weighted by Crippen LogP contribution is -2.17. The Morgan fingerprint density at radius 2 is 1.86 bits per heavy atom. The SMILES string of the molecule is CCOc1ccc(C(=O)N/N=C\c2ccc(Br)cc2)cc1. The molecule has 0 unspecified atom stereocenters. The quantitative estimate of drug-likeness (QED) is 0.664. The molecule has 2 aromatic rings. The standard InChI is InChI=1S/C16H15BrN2O2/c1-2-21-15-9-5-13(6-10-15)16(20)19-18-11-12-3-7-14(17)8-4-12/h3-11H,2H2,1H3,(H,19,20)/b18-11-. The lowest BCUT2D eigenvalue weighted by molar-refractivity contribution is 0.0955. The molecule has 21 heavy (non-hydrogen) atoms. The smallest absolute Gasteiger partial charge is 0.271 e. The highest BCUT2D eigenvalue weighted by Gasteiger charge is 2.03. The molecule has 0 aliphatic rings. The van der Waals surface area contributed by atoms with Gasteiger partial charge in [-0.2, -0.15) is 5.10 Å². The second-order valence-corrected chi connectivity index (χ2v) is 5.12. The highest BCUT2D eigenvalue weighted by molar-refractivity contribution is 9.10. The summed E-state index contributed by atoms with van der Waals surface area (Å²) in [6.45, 7) is 2.51. The van der Waals surface area contributed by atoms with Gasteiger partial charge in [0.2, 0.25) is 0 Å². The van der Waals surface area contributed by atoms with E-state index in [9.17, 15) is 4.79 Å². The number of nitrogens with one attached hydrogen (secondary N) is 1. The van der Waals surface area contributed by atoms with Gasteiger partial charge in [-0.15, -0.1) is 0 Å². The fraction of sp³-hybridized carbons (Fsp3) is 0.125. The van der Waals surface area contributed by atoms with Crippen LogP contribution >= 0.6 is 15.9 Å². The third kappa shape index (κ3) is 4.72. The van der Waals surface area contributed by atoms with E-state index >= 15 is 0 Å². The van der Waals surface area contributed by atoms with Crippen molar-refractivity contribution in [1.29, 1.82) is 0 Å². The zero-order valence-corrected chi connectivity index (χ0v) is 13.1. The molecule has 0 atom stereocenters. The molecule has 4 nitrogen and oxygen atoms in total. The van der Waals surface area contributed by atoms with Gasteiger partial charge >= 0.3 is 0 Å². The molecule has 0 aromatic heterocycles. The number of hydrogen-bond acceptors (Lipinski definition) is 3. The van der Waals surface area contributed by atoms with Gasteiger partial charge in [-0.05, 0) is 48.9 Å². The minimum absolute atomic E-state index is 0.258. The van der Waals surface area contributed by atoms with Crippen LogP contribution in [0.15, 0.2) is 58.1 Å². The highest BCUT2D eigenvalue weighted by atomic mass is 79.9. The van der Waals surface area contributed by atoms with Gasteiger partial charge in [-0.3, -0.25) is 4.79 Å². The Bertz CT molecular complexity index is 622. The van der Waals surface area contributed by atoms with Crippen molar-refractivity contribution < 1.29 is 9.53 Å². The molecule has 0 aliphatic heterocycles. The number of amides is 1. The van der Waals surface area contributed by atoms with Crippen LogP contribution in [0, 0.1) is 0 Å². The molecule has 0 saturated carbocycles. The van der Waals surface area contributed by atoms with E-state index in [1.807, 2.05) is 31.2 Å². The Hall–Kier alpha value is -2.14. The molecule has 0 bridgehead atoms. The zero-order chi connectivity index (χ0) is 15.1. The van der Waals surface area contributed by atoms with Crippen molar-refractivity contribution in [2.24, 2.45) is 5.10 Å². The minimum Gasteiger partial charge on any atom is -0.494 e. The number of carbonyl (C=O) groups excluding carboxylic acids is 1. The Kier molecular flexibility index (Phi) is 5.51. The van der Waals surface area contributed by atoms with Crippen molar-refractivity contribution in [3.05, 3.63) is 64.1 Å². The summed E-state index contributed by atoms with van der Waals surface area (Å²) in [5, 5.41) is 3.94. The molecule has 108 valence electrons. The Balaban J connectivity index is 1.93. The molecule has 0 heterocycles. The first-order valence-electron chi connectivity index (χ1n) is 6.51. The van der Waals surface area contributed by atoms with Crippen molar-refractivity contribution >= 4 is 28.1 Å². The number of carbonyl (C=O) groups is 1. The van der Waals surface area contributed by atoms with E-state index in [0.717, 1.165) is 15.8 Å². The summed E-state index contributed by atoms with van der Waals surface area (Å²) in [6.07, 6.45) is 1.60. The third-order valence-corrected chi connectivity index (χ3v) is 3.21. The largest absolute Gasteiger partial charge is 0.494 e. The minimum atomic E-state index is -0.258. The first-order valence-corrected chi connectivity index (χ1v) is 7.30. The van der Waals surface area contributed by atoms with E-state index in [2.05, 4.69) is 26.5 Å². The number of rotatable bonds is 5. The van der Waals surface area contributed by atoms with Crippen molar-refractivity contribution in [3.63, 3.8) is 0 Å². The van der Waals surface area contributed by atoms with Gasteiger partial charge in [-0.1, -0.05) is 28.1 Å². The Morgan fingerprint density at radius 3 is 2.48 bits per heavy atom. The number of hydrogen-bond donors (Lipinski definition) is 1. The van der Waals surface area contributed by atoms with Gasteiger partial charge in [0.1, 0.15) is 5.75 Å². The average Bonchev–Trinajstić information content (AvgIpc) is 2.50. The predicted octanol–water partition coefficient (Wildman–Crippen LogP) is 3.61. The van der Waals surface area contributed by atoms with Crippen LogP contribution in [0.1, 0.15) is 22.8 Å². The van der Waals surface area contributed by atoms with E-state index < -0.39 is 0 Å². The number of halogens is 1. The summed E-state index contributed by atoms with van der Waals surface area (Å²) in [5.74, 6) is 0.485. The molecule has 0 fully saturated rings. The number of ether oxygens (including phenoxy) is 1. The lowest BCUT2D eigenvalue weighted by Gasteiger charge is -2.04. The Morgan fingerprint density at radius 1 is 1.19 bits per heavy atom. The maximum absolute atomic E-state index is 11.9. The summed E-state index contributed by atoms with van der Waals surface area (Å²) < 4.78 is 6.32. The van der Waals surface area contributed by atoms with Gasteiger partial charge in [0.15, 0.2) is 0 Å². The topological polar surface area (TPSA) is 50.7 Å². The molecule has 2 aromatic carbocycles. The van der Waals surface area contributed by atoms with Gasteiger partial charge in [0, 0.05) is 10.0 Å². The van der Waals surface area contributed by atoms with Crippen LogP contribution in [0.5, 0.6) is 5.75 Å². The highest BCUT2D eigenvalue weighted by Crippen LogP contribution is 2.12. The Labute approximate surface area is 132 Å². The van der Waals surface area contributed by atoms with Crippen LogP contribution in [0.4, 0.5) is 0 Å². The lowest BCUT2D eigenvalue weighted by atomic mass is 10.2. The predicted molar refractivity (Wildman–Crippen MR) is 86.8 cm³/mol. The van der Waals surface area contributed by atoms with Crippen LogP contribution in [0.2, 0.25) is 0 Å². The van der Waals surface area contributed by atoms with Gasteiger partial charge in [-0.25, -0.2) is 5.43 Å². The second kappa shape index (κ2) is 7.59. The number of hydrazone groups is 1. The first kappa shape index (κ1) is 15.3. The van der Waals surface area contributed by atoms with E-state index in [0.29, 0.717) is 12.2 Å². The molecule has 0 aliphatic carbocycles. The van der Waals surface area contributed by atoms with Crippen molar-refractivity contribution in [1.82, 2.24) is 5.43 Å². The van der Waals surface area contributed by atoms with E-state index in [4.69, 9.17) is 4.74 Å². The molecule has 0 spiro atoms. The maximum Gasteiger partial charge on any atom is 0.271 e. The summed E-state index contributed by atoms with van der Waals surface area (Å²) in [6, 6.07) is 14.6. The first-order chi connectivity index (χ1) is 10.2. The monoisotopic (exact) mass is 346 g/mol. The normalized spacial score (nSPS) is 10.6. The van der Waals surface area contributed by atoms with Crippen molar-refractivity contribution in [2.75, 3.05) is 6.61 Å². The molecule has 0 radical (unpaired) electrons. The van der Waals surface area contributed by atoms with Crippen LogP contribution in [0.3, 0.4) is 0 Å². The molecule has 1 N–H and O–H groups in total. The summed E-state index contributed by atoms with van der Waals surface area (Å²) in [5.41, 5.74) is 3.93. The zero-order valence-electron chi connectivity index (χ0n) is 11.5. The number of benzene rings is 2. The van der Waals surface area contributed by atoms with Crippen molar-refractivity contribution in [2.45, 2.75) is 6.92 Å². The second-order valence-electron chi connectivity index (χ2n) is 4.21. The molecule has 1 amide bonds. The third-order valence-electron chi connectivity index (χ3n) is 2.68. The van der Waals surface area contributed by atoms with Crippen LogP contribution in [-0.4, -0.2) is 18.7 Å². The van der Waals surface area contributed by atoms with E-state index in [1.165, 1.54) is 0 Å². The van der Waals surface area contributed by atoms with Crippen LogP contribution in [-0.2, 0) is 0 Å². The van der Waals surface area contributed by atoms with Crippen LogP contribution in [0.25, 0.3) is 0 Å². The van der Waals surface area contributed by atoms with Gasteiger partial charge in [0.25, 0.3) is 5.91 Å². The van der Waals surface area contributed by atoms with Crippen molar-refractivity contribution in [3.8, 4) is 5.75 Å². The van der Waals surface area contributed by atoms with E-state index in [1.54, 1.807) is 30.5 Å². The van der Waals surface area contributed by atoms with Gasteiger partial charge < -0.3 is 4.74 Å². The molecule has 5 heteroatoms. The number of nitrogens with zero attached hydrogens (tertiary/aromatic N) is 1. The molecule has 2 rings (SSSR count). The van der Waals surface area contributed by atoms with Crippen LogP contribution < -0.4 is 10.2 Å². The summed E-state index contributed by atoms with van der Waals surface area (Å²) >= 11 is 3.36. The summed E-state index contributed by atoms with van der Waals surface area (Å²) in [7, 11) is 0.